The van der Waals surface area contributed by atoms with Gasteiger partial charge in [0, 0.05) is 19.0 Å². The van der Waals surface area contributed by atoms with Crippen molar-refractivity contribution in [3.05, 3.63) is 29.8 Å². The number of nitriles is 1. The monoisotopic (exact) mass is 316 g/mol. The maximum absolute atomic E-state index is 12.4. The van der Waals surface area contributed by atoms with Gasteiger partial charge in [0.2, 0.25) is 0 Å². The zero-order chi connectivity index (χ0) is 16.7. The number of carbonyl (C=O) groups is 2. The van der Waals surface area contributed by atoms with Gasteiger partial charge < -0.3 is 14.7 Å². The lowest BCUT2D eigenvalue weighted by molar-refractivity contribution is -0.141. The van der Waals surface area contributed by atoms with Crippen LogP contribution >= 0.6 is 0 Å². The van der Waals surface area contributed by atoms with Crippen LogP contribution < -0.4 is 4.74 Å². The van der Waals surface area contributed by atoms with Gasteiger partial charge in [0.1, 0.15) is 5.75 Å². The molecule has 2 rings (SSSR count). The third-order valence-electron chi connectivity index (χ3n) is 3.98. The van der Waals surface area contributed by atoms with Crippen LogP contribution in [0.4, 0.5) is 0 Å². The smallest absolute Gasteiger partial charge is 0.303 e. The lowest BCUT2D eigenvalue weighted by Crippen LogP contribution is -2.46. The maximum atomic E-state index is 12.4. The van der Waals surface area contributed by atoms with Gasteiger partial charge in [-0.05, 0) is 49.9 Å². The first-order chi connectivity index (χ1) is 11.1. The molecule has 6 nitrogen and oxygen atoms in total. The lowest BCUT2D eigenvalue weighted by Gasteiger charge is -2.35. The van der Waals surface area contributed by atoms with E-state index >= 15 is 0 Å². The summed E-state index contributed by atoms with van der Waals surface area (Å²) < 4.78 is 5.48. The topological polar surface area (TPSA) is 90.6 Å². The van der Waals surface area contributed by atoms with E-state index in [1.165, 1.54) is 0 Å². The molecule has 1 fully saturated rings. The first-order valence-electron chi connectivity index (χ1n) is 7.74. The van der Waals surface area contributed by atoms with Crippen molar-refractivity contribution in [3.8, 4) is 11.8 Å². The summed E-state index contributed by atoms with van der Waals surface area (Å²) in [4.78, 5) is 24.8. The van der Waals surface area contributed by atoms with Crippen molar-refractivity contribution in [2.75, 3.05) is 13.2 Å². The molecule has 1 N–H and O–H groups in total. The number of hydrogen-bond acceptors (Lipinski definition) is 4. The first kappa shape index (κ1) is 16.8. The van der Waals surface area contributed by atoms with E-state index in [0.717, 1.165) is 19.3 Å². The first-order valence-corrected chi connectivity index (χ1v) is 7.74. The molecule has 1 aliphatic rings. The molecule has 0 unspecified atom stereocenters. The van der Waals surface area contributed by atoms with Gasteiger partial charge in [-0.25, -0.2) is 0 Å². The number of hydrogen-bond donors (Lipinski definition) is 1. The maximum Gasteiger partial charge on any atom is 0.303 e. The largest absolute Gasteiger partial charge is 0.484 e. The van der Waals surface area contributed by atoms with Crippen molar-refractivity contribution in [1.29, 1.82) is 5.26 Å². The molecule has 0 bridgehead atoms. The lowest BCUT2D eigenvalue weighted by atomic mass is 9.98. The highest BCUT2D eigenvalue weighted by Crippen LogP contribution is 2.21. The van der Waals surface area contributed by atoms with E-state index < -0.39 is 5.97 Å². The van der Waals surface area contributed by atoms with E-state index in [-0.39, 0.29) is 25.0 Å². The van der Waals surface area contributed by atoms with E-state index in [2.05, 4.69) is 0 Å². The second-order valence-electron chi connectivity index (χ2n) is 5.59. The van der Waals surface area contributed by atoms with E-state index in [0.29, 0.717) is 24.3 Å². The number of carbonyl (C=O) groups excluding carboxylic acids is 1. The average molecular weight is 316 g/mol. The summed E-state index contributed by atoms with van der Waals surface area (Å²) in [6, 6.07) is 8.59. The zero-order valence-electron chi connectivity index (χ0n) is 12.9. The van der Waals surface area contributed by atoms with Gasteiger partial charge in [0.15, 0.2) is 6.61 Å². The minimum atomic E-state index is -0.836. The molecular formula is C17H20N2O4. The van der Waals surface area contributed by atoms with Gasteiger partial charge in [0.25, 0.3) is 5.91 Å². The Morgan fingerprint density at radius 1 is 1.30 bits per heavy atom. The predicted molar refractivity (Wildman–Crippen MR) is 82.9 cm³/mol. The Kier molecular flexibility index (Phi) is 5.98. The fraction of sp³-hybridized carbons (Fsp3) is 0.471. The van der Waals surface area contributed by atoms with Crippen molar-refractivity contribution in [3.63, 3.8) is 0 Å². The van der Waals surface area contributed by atoms with Crippen LogP contribution in [0.15, 0.2) is 24.3 Å². The Morgan fingerprint density at radius 2 is 2.04 bits per heavy atom. The van der Waals surface area contributed by atoms with Crippen LogP contribution in [0, 0.1) is 11.3 Å². The molecule has 1 aromatic carbocycles. The Bertz CT molecular complexity index is 592. The molecule has 1 aromatic rings. The SMILES string of the molecule is N#Cc1ccc(OCC(=O)N2CCCC[C@H]2CCC(=O)O)cc1. The minimum Gasteiger partial charge on any atom is -0.484 e. The highest BCUT2D eigenvalue weighted by molar-refractivity contribution is 5.78. The molecule has 23 heavy (non-hydrogen) atoms. The van der Waals surface area contributed by atoms with E-state index in [9.17, 15) is 9.59 Å². The van der Waals surface area contributed by atoms with Crippen molar-refractivity contribution < 1.29 is 19.4 Å². The second-order valence-corrected chi connectivity index (χ2v) is 5.59. The summed E-state index contributed by atoms with van der Waals surface area (Å²) in [5, 5.41) is 17.6. The van der Waals surface area contributed by atoms with E-state index in [4.69, 9.17) is 15.1 Å². The standard InChI is InChI=1S/C17H20N2O4/c18-11-13-4-7-15(8-5-13)23-12-16(20)19-10-2-1-3-14(19)6-9-17(21)22/h4-5,7-8,14H,1-3,6,9-10,12H2,(H,21,22)/t14-/m0/s1. The Hall–Kier alpha value is -2.55. The number of nitrogens with zero attached hydrogens (tertiary/aromatic N) is 2. The predicted octanol–water partition coefficient (Wildman–Crippen LogP) is 2.18. The van der Waals surface area contributed by atoms with Crippen molar-refractivity contribution in [1.82, 2.24) is 4.90 Å². The van der Waals surface area contributed by atoms with Gasteiger partial charge >= 0.3 is 5.97 Å². The highest BCUT2D eigenvalue weighted by Gasteiger charge is 2.27. The fourth-order valence-electron chi connectivity index (χ4n) is 2.77. The Labute approximate surface area is 135 Å². The number of amides is 1. The van der Waals surface area contributed by atoms with Crippen LogP contribution in [0.2, 0.25) is 0 Å². The quantitative estimate of drug-likeness (QED) is 0.868. The molecule has 0 spiro atoms. The van der Waals surface area contributed by atoms with Gasteiger partial charge in [0.05, 0.1) is 11.6 Å². The van der Waals surface area contributed by atoms with Crippen LogP contribution in [0.1, 0.15) is 37.7 Å². The van der Waals surface area contributed by atoms with Crippen molar-refractivity contribution in [2.45, 2.75) is 38.1 Å². The molecule has 1 saturated heterocycles. The molecule has 0 radical (unpaired) electrons. The summed E-state index contributed by atoms with van der Waals surface area (Å²) in [5.41, 5.74) is 0.536. The minimum absolute atomic E-state index is 0.0167. The molecule has 1 heterocycles. The second kappa shape index (κ2) is 8.18. The van der Waals surface area contributed by atoms with E-state index in [1.54, 1.807) is 29.2 Å². The molecule has 0 aromatic heterocycles. The molecule has 122 valence electrons. The molecular weight excluding hydrogens is 296 g/mol. The number of carboxylic acids is 1. The number of aliphatic carboxylic acids is 1. The number of ether oxygens (including phenoxy) is 1. The third-order valence-corrected chi connectivity index (χ3v) is 3.98. The summed E-state index contributed by atoms with van der Waals surface area (Å²) in [6.45, 7) is 0.579. The van der Waals surface area contributed by atoms with Crippen LogP contribution in [0.25, 0.3) is 0 Å². The molecule has 1 amide bonds. The molecule has 6 heteroatoms. The van der Waals surface area contributed by atoms with Crippen molar-refractivity contribution in [2.24, 2.45) is 0 Å². The van der Waals surface area contributed by atoms with Gasteiger partial charge in [-0.15, -0.1) is 0 Å². The normalized spacial score (nSPS) is 17.3. The molecule has 1 atom stereocenters. The van der Waals surface area contributed by atoms with Gasteiger partial charge in [-0.1, -0.05) is 0 Å². The number of benzene rings is 1. The molecule has 0 aliphatic carbocycles. The summed E-state index contributed by atoms with van der Waals surface area (Å²) >= 11 is 0. The number of likely N-dealkylation sites (tertiary alicyclic amines) is 1. The highest BCUT2D eigenvalue weighted by atomic mass is 16.5. The van der Waals surface area contributed by atoms with Crippen LogP contribution in [0.3, 0.4) is 0 Å². The third kappa shape index (κ3) is 4.99. The van der Waals surface area contributed by atoms with Crippen LogP contribution in [0.5, 0.6) is 5.75 Å². The Morgan fingerprint density at radius 3 is 2.70 bits per heavy atom. The van der Waals surface area contributed by atoms with Gasteiger partial charge in [-0.3, -0.25) is 9.59 Å². The van der Waals surface area contributed by atoms with Crippen LogP contribution in [-0.2, 0) is 9.59 Å². The van der Waals surface area contributed by atoms with Crippen molar-refractivity contribution >= 4 is 11.9 Å². The van der Waals surface area contributed by atoms with Crippen LogP contribution in [-0.4, -0.2) is 41.1 Å². The van der Waals surface area contributed by atoms with Gasteiger partial charge in [-0.2, -0.15) is 5.26 Å². The zero-order valence-corrected chi connectivity index (χ0v) is 12.9. The summed E-state index contributed by atoms with van der Waals surface area (Å²) in [7, 11) is 0. The van der Waals surface area contributed by atoms with E-state index in [1.807, 2.05) is 6.07 Å². The Balaban J connectivity index is 1.89. The fourth-order valence-corrected chi connectivity index (χ4v) is 2.77. The number of piperidine rings is 1. The number of carboxylic acid groups (broad SMARTS) is 1. The molecule has 1 aliphatic heterocycles. The number of rotatable bonds is 6. The average Bonchev–Trinajstić information content (AvgIpc) is 2.58. The summed E-state index contributed by atoms with van der Waals surface area (Å²) in [5.74, 6) is -0.419. The molecule has 0 saturated carbocycles. The summed E-state index contributed by atoms with van der Waals surface area (Å²) in [6.07, 6.45) is 3.36.